The van der Waals surface area contributed by atoms with Gasteiger partial charge in [0.2, 0.25) is 5.82 Å². The second kappa shape index (κ2) is 9.28. The maximum atomic E-state index is 12.6. The normalized spacial score (nSPS) is 10.8. The predicted molar refractivity (Wildman–Crippen MR) is 119 cm³/mol. The Morgan fingerprint density at radius 3 is 1.79 bits per heavy atom. The molecule has 3 aromatic heterocycles. The molecule has 0 saturated heterocycles. The van der Waals surface area contributed by atoms with Gasteiger partial charge in [0, 0.05) is 22.9 Å². The second-order valence-electron chi connectivity index (χ2n) is 7.33. The number of Topliss-reactive ketones (excluding diaryl/α,β-unsaturated/α-hetero) is 2. The van der Waals surface area contributed by atoms with Gasteiger partial charge in [-0.25, -0.2) is 9.36 Å². The molecule has 5 aromatic rings. The van der Waals surface area contributed by atoms with E-state index in [1.165, 1.54) is 9.36 Å². The number of tetrazole rings is 2. The molecule has 3 heterocycles. The van der Waals surface area contributed by atoms with Gasteiger partial charge in [-0.05, 0) is 33.0 Å². The summed E-state index contributed by atoms with van der Waals surface area (Å²) in [5, 5.41) is 23.5. The number of aromatic nitrogens is 9. The van der Waals surface area contributed by atoms with Crippen LogP contribution in [0.25, 0.3) is 22.9 Å². The number of carbonyl (C=O) groups excluding carboxylic acids is 2. The summed E-state index contributed by atoms with van der Waals surface area (Å²) in [6.07, 6.45) is 1.57. The van der Waals surface area contributed by atoms with Crippen molar-refractivity contribution < 1.29 is 9.59 Å². The van der Waals surface area contributed by atoms with Crippen molar-refractivity contribution in [2.45, 2.75) is 13.1 Å². The molecule has 0 fully saturated rings. The zero-order valence-corrected chi connectivity index (χ0v) is 17.8. The molecule has 0 aliphatic carbocycles. The molecule has 0 radical (unpaired) electrons. The first-order valence-corrected chi connectivity index (χ1v) is 10.3. The van der Waals surface area contributed by atoms with Crippen LogP contribution in [-0.4, -0.2) is 57.0 Å². The van der Waals surface area contributed by atoms with Gasteiger partial charge in [-0.3, -0.25) is 14.6 Å². The van der Waals surface area contributed by atoms with E-state index < -0.39 is 0 Å². The highest BCUT2D eigenvalue weighted by Gasteiger charge is 2.18. The molecule has 0 unspecified atom stereocenters. The zero-order chi connectivity index (χ0) is 23.3. The Morgan fingerprint density at radius 1 is 0.676 bits per heavy atom. The third kappa shape index (κ3) is 4.35. The van der Waals surface area contributed by atoms with E-state index in [9.17, 15) is 9.59 Å². The van der Waals surface area contributed by atoms with E-state index in [1.807, 2.05) is 12.1 Å². The third-order valence-corrected chi connectivity index (χ3v) is 5.09. The van der Waals surface area contributed by atoms with E-state index in [4.69, 9.17) is 0 Å². The molecule has 0 bridgehead atoms. The van der Waals surface area contributed by atoms with Crippen molar-refractivity contribution in [3.63, 3.8) is 0 Å². The van der Waals surface area contributed by atoms with E-state index in [0.29, 0.717) is 34.0 Å². The van der Waals surface area contributed by atoms with E-state index >= 15 is 0 Å². The monoisotopic (exact) mass is 451 g/mol. The highest BCUT2D eigenvalue weighted by molar-refractivity contribution is 5.96. The lowest BCUT2D eigenvalue weighted by Crippen LogP contribution is -2.14. The highest BCUT2D eigenvalue weighted by Crippen LogP contribution is 2.21. The molecular formula is C23H17N9O2. The third-order valence-electron chi connectivity index (χ3n) is 5.09. The number of pyridine rings is 1. The molecule has 0 saturated carbocycles. The minimum atomic E-state index is -0.131. The number of nitrogens with zero attached hydrogens (tertiary/aromatic N) is 9. The topological polar surface area (TPSA) is 134 Å². The fourth-order valence-corrected chi connectivity index (χ4v) is 3.41. The van der Waals surface area contributed by atoms with Crippen molar-refractivity contribution in [1.29, 1.82) is 0 Å². The van der Waals surface area contributed by atoms with Gasteiger partial charge in [0.05, 0.1) is 0 Å². The SMILES string of the molecule is O=C(Cn1nnnc1-c1ccnc(-c2nnnn2CC(=O)c2ccccc2)c1)c1ccccc1. The number of ketones is 2. The Balaban J connectivity index is 1.40. The second-order valence-corrected chi connectivity index (χ2v) is 7.33. The summed E-state index contributed by atoms with van der Waals surface area (Å²) >= 11 is 0. The molecule has 11 heteroatoms. The van der Waals surface area contributed by atoms with E-state index in [-0.39, 0.29) is 24.7 Å². The van der Waals surface area contributed by atoms with Crippen LogP contribution >= 0.6 is 0 Å². The summed E-state index contributed by atoms with van der Waals surface area (Å²) < 4.78 is 2.82. The lowest BCUT2D eigenvalue weighted by atomic mass is 10.1. The molecule has 0 spiro atoms. The van der Waals surface area contributed by atoms with Crippen LogP contribution < -0.4 is 0 Å². The Morgan fingerprint density at radius 2 is 1.21 bits per heavy atom. The summed E-state index contributed by atoms with van der Waals surface area (Å²) in [5.74, 6) is 0.471. The predicted octanol–water partition coefficient (Wildman–Crippen LogP) is 2.15. The minimum absolute atomic E-state index is 0.0205. The van der Waals surface area contributed by atoms with E-state index in [2.05, 4.69) is 36.0 Å². The Kier molecular flexibility index (Phi) is 5.72. The van der Waals surface area contributed by atoms with Crippen molar-refractivity contribution >= 4 is 11.6 Å². The standard InChI is InChI=1S/C23H17N9O2/c33-20(16-7-3-1-4-8-16)14-31-22(25-27-29-31)18-11-12-24-19(13-18)23-26-28-30-32(23)15-21(34)17-9-5-2-6-10-17/h1-13H,14-15H2. The number of benzene rings is 2. The average Bonchev–Trinajstić information content (AvgIpc) is 3.55. The van der Waals surface area contributed by atoms with Gasteiger partial charge in [-0.1, -0.05) is 60.7 Å². The number of rotatable bonds is 8. The molecule has 0 aliphatic rings. The van der Waals surface area contributed by atoms with Crippen LogP contribution in [0.2, 0.25) is 0 Å². The highest BCUT2D eigenvalue weighted by atomic mass is 16.1. The molecule has 166 valence electrons. The van der Waals surface area contributed by atoms with Gasteiger partial charge in [0.25, 0.3) is 0 Å². The van der Waals surface area contributed by atoms with E-state index in [0.717, 1.165) is 0 Å². The van der Waals surface area contributed by atoms with E-state index in [1.54, 1.807) is 66.9 Å². The Hall–Kier alpha value is -4.93. The van der Waals surface area contributed by atoms with Gasteiger partial charge in [0.1, 0.15) is 18.8 Å². The Bertz CT molecular complexity index is 1340. The lowest BCUT2D eigenvalue weighted by Gasteiger charge is -2.07. The number of hydrogen-bond acceptors (Lipinski definition) is 9. The number of carbonyl (C=O) groups is 2. The molecular weight excluding hydrogens is 434 g/mol. The summed E-state index contributed by atoms with van der Waals surface area (Å²) in [6, 6.07) is 21.3. The molecule has 0 N–H and O–H groups in total. The molecule has 0 amide bonds. The number of hydrogen-bond donors (Lipinski definition) is 0. The summed E-state index contributed by atoms with van der Waals surface area (Å²) in [6.45, 7) is -0.0606. The van der Waals surface area contributed by atoms with Crippen LogP contribution in [0.5, 0.6) is 0 Å². The van der Waals surface area contributed by atoms with Crippen molar-refractivity contribution in [1.82, 2.24) is 45.4 Å². The maximum absolute atomic E-state index is 12.6. The van der Waals surface area contributed by atoms with Gasteiger partial charge >= 0.3 is 0 Å². The quantitative estimate of drug-likeness (QED) is 0.325. The van der Waals surface area contributed by atoms with Gasteiger partial charge < -0.3 is 0 Å². The summed E-state index contributed by atoms with van der Waals surface area (Å²) in [4.78, 5) is 29.6. The molecule has 5 rings (SSSR count). The molecule has 0 atom stereocenters. The average molecular weight is 451 g/mol. The molecule has 2 aromatic carbocycles. The van der Waals surface area contributed by atoms with Gasteiger partial charge in [-0.15, -0.1) is 10.2 Å². The van der Waals surface area contributed by atoms with Gasteiger partial charge in [-0.2, -0.15) is 0 Å². The first kappa shape index (κ1) is 20.9. The van der Waals surface area contributed by atoms with Crippen molar-refractivity contribution in [2.75, 3.05) is 0 Å². The van der Waals surface area contributed by atoms with Crippen LogP contribution in [0.15, 0.2) is 79.0 Å². The molecule has 11 nitrogen and oxygen atoms in total. The molecule has 34 heavy (non-hydrogen) atoms. The molecule has 0 aliphatic heterocycles. The van der Waals surface area contributed by atoms with Crippen molar-refractivity contribution in [2.24, 2.45) is 0 Å². The van der Waals surface area contributed by atoms with Crippen LogP contribution in [0.3, 0.4) is 0 Å². The first-order valence-electron chi connectivity index (χ1n) is 10.3. The largest absolute Gasteiger partial charge is 0.292 e. The van der Waals surface area contributed by atoms with Crippen LogP contribution in [0, 0.1) is 0 Å². The maximum Gasteiger partial charge on any atom is 0.201 e. The minimum Gasteiger partial charge on any atom is -0.292 e. The Labute approximate surface area is 193 Å². The first-order chi connectivity index (χ1) is 16.7. The van der Waals surface area contributed by atoms with Crippen LogP contribution in [-0.2, 0) is 13.1 Å². The summed E-state index contributed by atoms with van der Waals surface area (Å²) in [5.41, 5.74) is 2.20. The lowest BCUT2D eigenvalue weighted by molar-refractivity contribution is 0.0959. The smallest absolute Gasteiger partial charge is 0.201 e. The van der Waals surface area contributed by atoms with Crippen LogP contribution in [0.1, 0.15) is 20.7 Å². The fourth-order valence-electron chi connectivity index (χ4n) is 3.41. The van der Waals surface area contributed by atoms with Crippen LogP contribution in [0.4, 0.5) is 0 Å². The summed E-state index contributed by atoms with van der Waals surface area (Å²) in [7, 11) is 0. The van der Waals surface area contributed by atoms with Crippen molar-refractivity contribution in [3.8, 4) is 22.9 Å². The van der Waals surface area contributed by atoms with Crippen molar-refractivity contribution in [3.05, 3.63) is 90.1 Å². The zero-order valence-electron chi connectivity index (χ0n) is 17.8. The fraction of sp³-hybridized carbons (Fsp3) is 0.0870. The van der Waals surface area contributed by atoms with Gasteiger partial charge in [0.15, 0.2) is 17.4 Å².